The third kappa shape index (κ3) is 6.03. The van der Waals surface area contributed by atoms with Crippen molar-refractivity contribution in [1.29, 1.82) is 0 Å². The fourth-order valence-corrected chi connectivity index (χ4v) is 2.61. The Morgan fingerprint density at radius 2 is 1.89 bits per heavy atom. The van der Waals surface area contributed by atoms with Crippen LogP contribution in [0.2, 0.25) is 0 Å². The van der Waals surface area contributed by atoms with Crippen LogP contribution in [0.15, 0.2) is 47.1 Å². The second-order valence-corrected chi connectivity index (χ2v) is 6.02. The van der Waals surface area contributed by atoms with Gasteiger partial charge in [-0.15, -0.1) is 0 Å². The van der Waals surface area contributed by atoms with Crippen LogP contribution < -0.4 is 15.4 Å². The van der Waals surface area contributed by atoms with E-state index in [0.29, 0.717) is 50.7 Å². The lowest BCUT2D eigenvalue weighted by Gasteiger charge is -2.26. The summed E-state index contributed by atoms with van der Waals surface area (Å²) in [6.07, 6.45) is 2.23. The normalized spacial score (nSPS) is 13.9. The molecule has 1 aliphatic rings. The Kier molecular flexibility index (Phi) is 6.70. The summed E-state index contributed by atoms with van der Waals surface area (Å²) in [5.74, 6) is 1.33. The van der Waals surface area contributed by atoms with Gasteiger partial charge in [-0.1, -0.05) is 0 Å². The Balaban J connectivity index is 1.37. The first-order valence-corrected chi connectivity index (χ1v) is 8.86. The minimum absolute atomic E-state index is 0.0138. The second kappa shape index (κ2) is 9.63. The third-order valence-electron chi connectivity index (χ3n) is 4.08. The van der Waals surface area contributed by atoms with Crippen LogP contribution in [0.1, 0.15) is 5.76 Å². The molecule has 0 spiro atoms. The van der Waals surface area contributed by atoms with E-state index in [1.165, 1.54) is 0 Å². The van der Waals surface area contributed by atoms with Crippen molar-refractivity contribution in [3.63, 3.8) is 0 Å². The van der Waals surface area contributed by atoms with Crippen molar-refractivity contribution in [2.24, 2.45) is 0 Å². The van der Waals surface area contributed by atoms with Gasteiger partial charge in [-0.2, -0.15) is 0 Å². The van der Waals surface area contributed by atoms with Gasteiger partial charge in [0, 0.05) is 31.7 Å². The zero-order valence-electron chi connectivity index (χ0n) is 15.0. The molecule has 1 aromatic heterocycles. The smallest absolute Gasteiger partial charge is 0.319 e. The van der Waals surface area contributed by atoms with Crippen LogP contribution in [0.3, 0.4) is 0 Å². The maximum absolute atomic E-state index is 12.0. The molecule has 0 aliphatic carbocycles. The van der Waals surface area contributed by atoms with E-state index >= 15 is 0 Å². The molecule has 1 fully saturated rings. The van der Waals surface area contributed by atoms with E-state index in [1.807, 2.05) is 12.1 Å². The third-order valence-corrected chi connectivity index (χ3v) is 4.08. The minimum Gasteiger partial charge on any atom is -0.484 e. The summed E-state index contributed by atoms with van der Waals surface area (Å²) in [4.78, 5) is 25.6. The molecular weight excluding hydrogens is 350 g/mol. The molecule has 8 heteroatoms. The molecule has 1 aliphatic heterocycles. The van der Waals surface area contributed by atoms with Gasteiger partial charge in [0.05, 0.1) is 19.5 Å². The minimum atomic E-state index is -0.294. The van der Waals surface area contributed by atoms with E-state index in [9.17, 15) is 9.59 Å². The summed E-state index contributed by atoms with van der Waals surface area (Å²) in [5, 5.41) is 5.50. The number of nitrogens with one attached hydrogen (secondary N) is 2. The molecule has 0 bridgehead atoms. The van der Waals surface area contributed by atoms with Crippen molar-refractivity contribution in [3.05, 3.63) is 48.4 Å². The molecule has 0 unspecified atom stereocenters. The van der Waals surface area contributed by atoms with Gasteiger partial charge in [0.25, 0.3) is 5.91 Å². The van der Waals surface area contributed by atoms with Gasteiger partial charge in [0.1, 0.15) is 11.5 Å². The Labute approximate surface area is 157 Å². The summed E-state index contributed by atoms with van der Waals surface area (Å²) < 4.78 is 15.9. The topological polar surface area (TPSA) is 93.0 Å². The number of urea groups is 1. The summed E-state index contributed by atoms with van der Waals surface area (Å²) in [6.45, 7) is 2.79. The van der Waals surface area contributed by atoms with Gasteiger partial charge in [0.2, 0.25) is 0 Å². The maximum Gasteiger partial charge on any atom is 0.319 e. The quantitative estimate of drug-likeness (QED) is 0.773. The molecule has 27 heavy (non-hydrogen) atoms. The first-order valence-electron chi connectivity index (χ1n) is 8.86. The number of rotatable bonds is 7. The molecule has 1 aromatic carbocycles. The number of morpholine rings is 1. The molecule has 144 valence electrons. The van der Waals surface area contributed by atoms with E-state index in [1.54, 1.807) is 35.4 Å². The highest BCUT2D eigenvalue weighted by atomic mass is 16.5. The van der Waals surface area contributed by atoms with Crippen LogP contribution >= 0.6 is 0 Å². The molecule has 0 radical (unpaired) electrons. The average molecular weight is 373 g/mol. The number of anilines is 1. The lowest BCUT2D eigenvalue weighted by molar-refractivity contribution is -0.137. The molecule has 3 rings (SSSR count). The van der Waals surface area contributed by atoms with Crippen LogP contribution in [0, 0.1) is 0 Å². The number of carbonyl (C=O) groups excluding carboxylic acids is 2. The zero-order chi connectivity index (χ0) is 18.9. The van der Waals surface area contributed by atoms with Crippen LogP contribution in [-0.4, -0.2) is 56.3 Å². The first kappa shape index (κ1) is 18.8. The molecule has 8 nitrogen and oxygen atoms in total. The van der Waals surface area contributed by atoms with Crippen LogP contribution in [0.5, 0.6) is 5.75 Å². The van der Waals surface area contributed by atoms with E-state index in [2.05, 4.69) is 10.6 Å². The Morgan fingerprint density at radius 1 is 1.11 bits per heavy atom. The predicted octanol–water partition coefficient (Wildman–Crippen LogP) is 1.88. The van der Waals surface area contributed by atoms with Crippen molar-refractivity contribution in [1.82, 2.24) is 10.2 Å². The van der Waals surface area contributed by atoms with Gasteiger partial charge < -0.3 is 29.4 Å². The molecule has 0 atom stereocenters. The number of hydrogen-bond acceptors (Lipinski definition) is 5. The predicted molar refractivity (Wildman–Crippen MR) is 98.8 cm³/mol. The Bertz CT molecular complexity index is 724. The molecule has 2 heterocycles. The fourth-order valence-electron chi connectivity index (χ4n) is 2.61. The van der Waals surface area contributed by atoms with Gasteiger partial charge in [0.15, 0.2) is 6.61 Å². The largest absolute Gasteiger partial charge is 0.484 e. The van der Waals surface area contributed by atoms with Crippen molar-refractivity contribution in [2.75, 3.05) is 44.8 Å². The molecule has 0 saturated carbocycles. The lowest BCUT2D eigenvalue weighted by Crippen LogP contribution is -2.42. The van der Waals surface area contributed by atoms with Gasteiger partial charge in [-0.25, -0.2) is 4.79 Å². The standard InChI is InChI=1S/C19H23N3O5/c23-18(22-9-12-25-13-10-22)14-27-17-5-3-15(4-6-17)21-19(24)20-8-7-16-2-1-11-26-16/h1-6,11H,7-10,12-14H2,(H2,20,21,24). The van der Waals surface area contributed by atoms with E-state index in [-0.39, 0.29) is 18.5 Å². The van der Waals surface area contributed by atoms with E-state index < -0.39 is 0 Å². The molecule has 2 aromatic rings. The number of amides is 3. The van der Waals surface area contributed by atoms with Crippen molar-refractivity contribution in [2.45, 2.75) is 6.42 Å². The maximum atomic E-state index is 12.0. The molecule has 3 amide bonds. The Morgan fingerprint density at radius 3 is 2.59 bits per heavy atom. The zero-order valence-corrected chi connectivity index (χ0v) is 15.0. The van der Waals surface area contributed by atoms with E-state index in [0.717, 1.165) is 5.76 Å². The monoisotopic (exact) mass is 373 g/mol. The molecule has 1 saturated heterocycles. The van der Waals surface area contributed by atoms with Crippen molar-refractivity contribution >= 4 is 17.6 Å². The summed E-state index contributed by atoms with van der Waals surface area (Å²) >= 11 is 0. The second-order valence-electron chi connectivity index (χ2n) is 6.02. The first-order chi connectivity index (χ1) is 13.2. The highest BCUT2D eigenvalue weighted by Crippen LogP contribution is 2.16. The fraction of sp³-hybridized carbons (Fsp3) is 0.368. The van der Waals surface area contributed by atoms with Crippen molar-refractivity contribution < 1.29 is 23.5 Å². The van der Waals surface area contributed by atoms with Crippen LogP contribution in [0.4, 0.5) is 10.5 Å². The lowest BCUT2D eigenvalue weighted by atomic mass is 10.3. The number of hydrogen-bond donors (Lipinski definition) is 2. The van der Waals surface area contributed by atoms with Crippen LogP contribution in [-0.2, 0) is 16.0 Å². The van der Waals surface area contributed by atoms with Gasteiger partial charge >= 0.3 is 6.03 Å². The van der Waals surface area contributed by atoms with Gasteiger partial charge in [-0.05, 0) is 36.4 Å². The van der Waals surface area contributed by atoms with Gasteiger partial charge in [-0.3, -0.25) is 4.79 Å². The number of carbonyl (C=O) groups is 2. The number of nitrogens with zero attached hydrogens (tertiary/aromatic N) is 1. The van der Waals surface area contributed by atoms with E-state index in [4.69, 9.17) is 13.9 Å². The highest BCUT2D eigenvalue weighted by Gasteiger charge is 2.17. The molecular formula is C19H23N3O5. The molecule has 2 N–H and O–H groups in total. The SMILES string of the molecule is O=C(NCCc1ccco1)Nc1ccc(OCC(=O)N2CCOCC2)cc1. The summed E-state index contributed by atoms with van der Waals surface area (Å²) in [5.41, 5.74) is 0.636. The number of benzene rings is 1. The number of furan rings is 1. The summed E-state index contributed by atoms with van der Waals surface area (Å²) in [7, 11) is 0. The summed E-state index contributed by atoms with van der Waals surface area (Å²) in [6, 6.07) is 10.3. The Hall–Kier alpha value is -3.00. The number of ether oxygens (including phenoxy) is 2. The van der Waals surface area contributed by atoms with Crippen molar-refractivity contribution in [3.8, 4) is 5.75 Å². The van der Waals surface area contributed by atoms with Crippen LogP contribution in [0.25, 0.3) is 0 Å². The average Bonchev–Trinajstić information content (AvgIpc) is 3.21. The highest BCUT2D eigenvalue weighted by molar-refractivity contribution is 5.89.